The number of fused-ring (bicyclic) bond motifs is 1. The second kappa shape index (κ2) is 10.7. The number of carbonyl (C=O) groups is 2. The van der Waals surface area contributed by atoms with E-state index in [0.717, 1.165) is 30.7 Å². The van der Waals surface area contributed by atoms with Gasteiger partial charge < -0.3 is 20.3 Å². The van der Waals surface area contributed by atoms with Gasteiger partial charge in [-0.15, -0.1) is 0 Å². The number of anilines is 1. The summed E-state index contributed by atoms with van der Waals surface area (Å²) in [6.45, 7) is 3.01. The third-order valence-corrected chi connectivity index (χ3v) is 7.24. The Hall–Kier alpha value is -3.43. The lowest BCUT2D eigenvalue weighted by atomic mass is 9.93. The molecule has 2 N–H and O–H groups in total. The molecule has 186 valence electrons. The van der Waals surface area contributed by atoms with Crippen molar-refractivity contribution in [1.82, 2.24) is 10.2 Å². The molecule has 2 atom stereocenters. The van der Waals surface area contributed by atoms with Crippen molar-refractivity contribution in [3.8, 4) is 0 Å². The van der Waals surface area contributed by atoms with E-state index in [1.165, 1.54) is 23.9 Å². The highest BCUT2D eigenvalue weighted by Gasteiger charge is 2.40. The fourth-order valence-electron chi connectivity index (χ4n) is 4.60. The van der Waals surface area contributed by atoms with Crippen LogP contribution in [0.2, 0.25) is 0 Å². The van der Waals surface area contributed by atoms with Crippen LogP contribution in [-0.2, 0) is 14.3 Å². The number of benzene rings is 2. The summed E-state index contributed by atoms with van der Waals surface area (Å²) in [5.74, 6) is -0.785. The first-order chi connectivity index (χ1) is 17.5. The zero-order chi connectivity index (χ0) is 25.1. The Labute approximate surface area is 213 Å². The van der Waals surface area contributed by atoms with Gasteiger partial charge in [-0.25, -0.2) is 9.38 Å². The average molecular weight is 507 g/mol. The molecule has 1 fully saturated rings. The van der Waals surface area contributed by atoms with Crippen molar-refractivity contribution >= 4 is 34.4 Å². The van der Waals surface area contributed by atoms with Crippen molar-refractivity contribution in [3.63, 3.8) is 0 Å². The number of hydrogen-bond donors (Lipinski definition) is 2. The SMILES string of the molecule is CC1=C(C(=O)Nc2ccccc2)[C@@H](c2ccc(F)cc2)N2C(CC(=O)NC[C@H]3CCCO3)=CSC2=N1. The lowest BCUT2D eigenvalue weighted by molar-refractivity contribution is -0.121. The second-order valence-corrected chi connectivity index (χ2v) is 9.72. The Morgan fingerprint density at radius 1 is 1.17 bits per heavy atom. The van der Waals surface area contributed by atoms with Gasteiger partial charge in [0.2, 0.25) is 5.91 Å². The summed E-state index contributed by atoms with van der Waals surface area (Å²) in [7, 11) is 0. The molecule has 0 saturated carbocycles. The molecule has 36 heavy (non-hydrogen) atoms. The van der Waals surface area contributed by atoms with Gasteiger partial charge in [-0.2, -0.15) is 0 Å². The first-order valence-electron chi connectivity index (χ1n) is 11.9. The molecule has 0 spiro atoms. The van der Waals surface area contributed by atoms with E-state index < -0.39 is 6.04 Å². The van der Waals surface area contributed by atoms with Crippen molar-refractivity contribution < 1.29 is 18.7 Å². The normalized spacial score (nSPS) is 21.1. The van der Waals surface area contributed by atoms with Gasteiger partial charge in [0.1, 0.15) is 5.82 Å². The monoisotopic (exact) mass is 506 g/mol. The van der Waals surface area contributed by atoms with Gasteiger partial charge in [0, 0.05) is 24.5 Å². The summed E-state index contributed by atoms with van der Waals surface area (Å²) in [6.07, 6.45) is 2.13. The summed E-state index contributed by atoms with van der Waals surface area (Å²) in [6, 6.07) is 14.7. The number of amidine groups is 1. The number of allylic oxidation sites excluding steroid dienone is 1. The molecule has 2 aromatic carbocycles. The van der Waals surface area contributed by atoms with E-state index in [2.05, 4.69) is 10.6 Å². The van der Waals surface area contributed by atoms with Crippen LogP contribution in [0, 0.1) is 5.82 Å². The third-order valence-electron chi connectivity index (χ3n) is 6.36. The van der Waals surface area contributed by atoms with Gasteiger partial charge in [0.15, 0.2) is 5.17 Å². The van der Waals surface area contributed by atoms with Crippen molar-refractivity contribution in [3.05, 3.63) is 88.4 Å². The van der Waals surface area contributed by atoms with Gasteiger partial charge in [-0.05, 0) is 55.0 Å². The fraction of sp³-hybridized carbons (Fsp3) is 0.296. The van der Waals surface area contributed by atoms with Crippen molar-refractivity contribution in [2.45, 2.75) is 38.3 Å². The fourth-order valence-corrected chi connectivity index (χ4v) is 5.56. The van der Waals surface area contributed by atoms with Crippen LogP contribution in [0.5, 0.6) is 0 Å². The molecule has 0 aliphatic carbocycles. The summed E-state index contributed by atoms with van der Waals surface area (Å²) in [4.78, 5) is 33.0. The molecular weight excluding hydrogens is 479 g/mol. The molecule has 3 aliphatic rings. The lowest BCUT2D eigenvalue weighted by Crippen LogP contribution is -2.39. The first kappa shape index (κ1) is 24.3. The zero-order valence-corrected chi connectivity index (χ0v) is 20.7. The number of hydrogen-bond acceptors (Lipinski definition) is 6. The van der Waals surface area contributed by atoms with E-state index in [4.69, 9.17) is 9.73 Å². The molecule has 0 aromatic heterocycles. The van der Waals surface area contributed by atoms with Crippen molar-refractivity contribution in [2.24, 2.45) is 4.99 Å². The number of aliphatic imine (C=N–C) groups is 1. The maximum absolute atomic E-state index is 13.8. The Morgan fingerprint density at radius 3 is 2.67 bits per heavy atom. The van der Waals surface area contributed by atoms with Gasteiger partial charge in [0.05, 0.1) is 29.8 Å². The standard InChI is InChI=1S/C27H27FN4O3S/c1-17-24(26(34)31-20-6-3-2-4-7-20)25(18-9-11-19(28)12-10-18)32-21(16-36-27(32)30-17)14-23(33)29-15-22-8-5-13-35-22/h2-4,6-7,9-12,16,22,25H,5,8,13-15H2,1H3,(H,29,33)(H,31,34)/t22-,25-/m1/s1. The maximum atomic E-state index is 13.8. The number of amides is 2. The molecule has 2 aromatic rings. The third kappa shape index (κ3) is 5.22. The first-order valence-corrected chi connectivity index (χ1v) is 12.8. The van der Waals surface area contributed by atoms with Gasteiger partial charge in [-0.3, -0.25) is 9.59 Å². The van der Waals surface area contributed by atoms with E-state index in [-0.39, 0.29) is 30.2 Å². The van der Waals surface area contributed by atoms with Crippen LogP contribution in [0.25, 0.3) is 0 Å². The lowest BCUT2D eigenvalue weighted by Gasteiger charge is -2.36. The molecule has 3 heterocycles. The van der Waals surface area contributed by atoms with Gasteiger partial charge in [-0.1, -0.05) is 42.1 Å². The molecule has 0 radical (unpaired) electrons. The van der Waals surface area contributed by atoms with Crippen LogP contribution >= 0.6 is 11.8 Å². The molecule has 5 rings (SSSR count). The molecule has 2 amide bonds. The van der Waals surface area contributed by atoms with Crippen molar-refractivity contribution in [2.75, 3.05) is 18.5 Å². The summed E-state index contributed by atoms with van der Waals surface area (Å²) < 4.78 is 19.4. The molecular formula is C27H27FN4O3S. The highest BCUT2D eigenvalue weighted by molar-refractivity contribution is 8.16. The predicted molar refractivity (Wildman–Crippen MR) is 138 cm³/mol. The second-order valence-electron chi connectivity index (χ2n) is 8.88. The van der Waals surface area contributed by atoms with E-state index >= 15 is 0 Å². The van der Waals surface area contributed by atoms with Crippen molar-refractivity contribution in [1.29, 1.82) is 0 Å². The molecule has 0 unspecified atom stereocenters. The van der Waals surface area contributed by atoms with Gasteiger partial charge >= 0.3 is 0 Å². The Balaban J connectivity index is 1.42. The molecule has 0 bridgehead atoms. The Bertz CT molecular complexity index is 1240. The van der Waals surface area contributed by atoms with Gasteiger partial charge in [0.25, 0.3) is 5.91 Å². The Kier molecular flexibility index (Phi) is 7.20. The summed E-state index contributed by atoms with van der Waals surface area (Å²) in [5.41, 5.74) is 3.15. The number of nitrogens with one attached hydrogen (secondary N) is 2. The largest absolute Gasteiger partial charge is 0.376 e. The predicted octanol–water partition coefficient (Wildman–Crippen LogP) is 4.72. The van der Waals surface area contributed by atoms with Crippen LogP contribution in [-0.4, -0.2) is 41.1 Å². The highest BCUT2D eigenvalue weighted by Crippen LogP contribution is 2.44. The average Bonchev–Trinajstić information content (AvgIpc) is 3.53. The van der Waals surface area contributed by atoms with Crippen LogP contribution in [0.4, 0.5) is 10.1 Å². The number of ether oxygens (including phenoxy) is 1. The number of nitrogens with zero attached hydrogens (tertiary/aromatic N) is 2. The van der Waals surface area contributed by atoms with E-state index in [0.29, 0.717) is 28.7 Å². The highest BCUT2D eigenvalue weighted by atomic mass is 32.2. The minimum absolute atomic E-state index is 0.0545. The number of carbonyl (C=O) groups excluding carboxylic acids is 2. The maximum Gasteiger partial charge on any atom is 0.255 e. The molecule has 7 nitrogen and oxygen atoms in total. The number of thioether (sulfide) groups is 1. The number of rotatable bonds is 7. The quantitative estimate of drug-likeness (QED) is 0.568. The smallest absolute Gasteiger partial charge is 0.255 e. The van der Waals surface area contributed by atoms with Crippen LogP contribution in [0.1, 0.15) is 37.8 Å². The van der Waals surface area contributed by atoms with E-state index in [1.807, 2.05) is 40.6 Å². The Morgan fingerprint density at radius 2 is 1.94 bits per heavy atom. The van der Waals surface area contributed by atoms with E-state index in [9.17, 15) is 14.0 Å². The number of halogens is 1. The molecule has 1 saturated heterocycles. The van der Waals surface area contributed by atoms with Crippen LogP contribution < -0.4 is 10.6 Å². The minimum Gasteiger partial charge on any atom is -0.376 e. The minimum atomic E-state index is -0.561. The number of para-hydroxylation sites is 1. The van der Waals surface area contributed by atoms with Crippen LogP contribution in [0.15, 0.2) is 82.0 Å². The zero-order valence-electron chi connectivity index (χ0n) is 19.9. The van der Waals surface area contributed by atoms with E-state index in [1.54, 1.807) is 19.1 Å². The van der Waals surface area contributed by atoms with Crippen LogP contribution in [0.3, 0.4) is 0 Å². The molecule has 9 heteroatoms. The summed E-state index contributed by atoms with van der Waals surface area (Å²) in [5, 5.41) is 8.49. The summed E-state index contributed by atoms with van der Waals surface area (Å²) >= 11 is 1.41. The molecule has 3 aliphatic heterocycles. The topological polar surface area (TPSA) is 83.0 Å².